The standard InChI is InChI=1S/C14H12N2O2S/c1-2-18-14(17)10-8-11-12(15-10)16-13(19-11)9-6-4-3-5-7-9/h3-8,15H,2H2,1H3. The van der Waals surface area contributed by atoms with Crippen LogP contribution < -0.4 is 0 Å². The maximum atomic E-state index is 11.6. The van der Waals surface area contributed by atoms with Crippen LogP contribution in [0.5, 0.6) is 0 Å². The van der Waals surface area contributed by atoms with Crippen LogP contribution in [0.1, 0.15) is 17.4 Å². The molecule has 3 aromatic rings. The molecule has 1 N–H and O–H groups in total. The van der Waals surface area contributed by atoms with Gasteiger partial charge in [-0.15, -0.1) is 11.3 Å². The molecule has 0 amide bonds. The molecule has 4 nitrogen and oxygen atoms in total. The smallest absolute Gasteiger partial charge is 0.354 e. The summed E-state index contributed by atoms with van der Waals surface area (Å²) >= 11 is 1.56. The number of ether oxygens (including phenoxy) is 1. The molecule has 0 fully saturated rings. The second kappa shape index (κ2) is 4.85. The van der Waals surface area contributed by atoms with Crippen molar-refractivity contribution in [3.05, 3.63) is 42.1 Å². The minimum atomic E-state index is -0.339. The summed E-state index contributed by atoms with van der Waals surface area (Å²) in [5, 5.41) is 0.942. The number of hydrogen-bond donors (Lipinski definition) is 1. The van der Waals surface area contributed by atoms with Crippen molar-refractivity contribution < 1.29 is 9.53 Å². The number of hydrogen-bond acceptors (Lipinski definition) is 4. The fraction of sp³-hybridized carbons (Fsp3) is 0.143. The predicted molar refractivity (Wildman–Crippen MR) is 75.4 cm³/mol. The monoisotopic (exact) mass is 272 g/mol. The molecule has 19 heavy (non-hydrogen) atoms. The number of carbonyl (C=O) groups excluding carboxylic acids is 1. The summed E-state index contributed by atoms with van der Waals surface area (Å²) in [6.07, 6.45) is 0. The maximum absolute atomic E-state index is 11.6. The van der Waals surface area contributed by atoms with Gasteiger partial charge in [-0.1, -0.05) is 30.3 Å². The Bertz CT molecular complexity index is 684. The van der Waals surface area contributed by atoms with Gasteiger partial charge in [0.05, 0.1) is 11.3 Å². The number of fused-ring (bicyclic) bond motifs is 1. The van der Waals surface area contributed by atoms with E-state index in [2.05, 4.69) is 9.97 Å². The highest BCUT2D eigenvalue weighted by atomic mass is 32.1. The Labute approximate surface area is 114 Å². The van der Waals surface area contributed by atoms with Crippen molar-refractivity contribution in [2.24, 2.45) is 0 Å². The van der Waals surface area contributed by atoms with Crippen LogP contribution in [0.4, 0.5) is 0 Å². The predicted octanol–water partition coefficient (Wildman–Crippen LogP) is 3.47. The zero-order valence-electron chi connectivity index (χ0n) is 10.3. The van der Waals surface area contributed by atoms with Crippen LogP contribution in [0, 0.1) is 0 Å². The summed E-state index contributed by atoms with van der Waals surface area (Å²) < 4.78 is 5.91. The minimum absolute atomic E-state index is 0.339. The molecule has 0 aliphatic rings. The van der Waals surface area contributed by atoms with Crippen molar-refractivity contribution in [3.63, 3.8) is 0 Å². The molecule has 0 aliphatic carbocycles. The molecule has 0 radical (unpaired) electrons. The first-order valence-corrected chi connectivity index (χ1v) is 6.81. The maximum Gasteiger partial charge on any atom is 0.354 e. The van der Waals surface area contributed by atoms with Gasteiger partial charge >= 0.3 is 5.97 Å². The first-order chi connectivity index (χ1) is 9.28. The van der Waals surface area contributed by atoms with Gasteiger partial charge in [-0.3, -0.25) is 0 Å². The quantitative estimate of drug-likeness (QED) is 0.743. The van der Waals surface area contributed by atoms with Crippen molar-refractivity contribution in [3.8, 4) is 10.6 Å². The average Bonchev–Trinajstić information content (AvgIpc) is 2.98. The first-order valence-electron chi connectivity index (χ1n) is 6.00. The Hall–Kier alpha value is -2.14. The van der Waals surface area contributed by atoms with Gasteiger partial charge in [0.2, 0.25) is 0 Å². The van der Waals surface area contributed by atoms with E-state index in [4.69, 9.17) is 4.74 Å². The van der Waals surface area contributed by atoms with Gasteiger partial charge in [0, 0.05) is 5.56 Å². The Kier molecular flexibility index (Phi) is 3.05. The van der Waals surface area contributed by atoms with Gasteiger partial charge in [0.25, 0.3) is 0 Å². The van der Waals surface area contributed by atoms with Crippen LogP contribution in [0.25, 0.3) is 20.9 Å². The third-order valence-electron chi connectivity index (χ3n) is 2.70. The zero-order valence-corrected chi connectivity index (χ0v) is 11.2. The van der Waals surface area contributed by atoms with Crippen LogP contribution in [-0.4, -0.2) is 22.5 Å². The topological polar surface area (TPSA) is 55.0 Å². The van der Waals surface area contributed by atoms with Crippen molar-refractivity contribution in [2.45, 2.75) is 6.92 Å². The fourth-order valence-electron chi connectivity index (χ4n) is 1.84. The van der Waals surface area contributed by atoms with E-state index in [1.165, 1.54) is 0 Å². The minimum Gasteiger partial charge on any atom is -0.461 e. The molecule has 3 rings (SSSR count). The highest BCUT2D eigenvalue weighted by Crippen LogP contribution is 2.30. The van der Waals surface area contributed by atoms with Crippen molar-refractivity contribution in [1.29, 1.82) is 0 Å². The number of aromatic amines is 1. The SMILES string of the molecule is CCOC(=O)c1cc2sc(-c3ccccc3)nc2[nH]1. The lowest BCUT2D eigenvalue weighted by atomic mass is 10.2. The molecule has 2 heterocycles. The number of benzene rings is 1. The summed E-state index contributed by atoms with van der Waals surface area (Å²) in [6.45, 7) is 2.16. The molecule has 96 valence electrons. The van der Waals surface area contributed by atoms with Crippen LogP contribution in [0.2, 0.25) is 0 Å². The molecule has 0 saturated heterocycles. The van der Waals surface area contributed by atoms with E-state index in [0.29, 0.717) is 12.3 Å². The third-order valence-corrected chi connectivity index (χ3v) is 3.75. The number of nitrogens with one attached hydrogen (secondary N) is 1. The molecule has 0 aliphatic heterocycles. The van der Waals surface area contributed by atoms with Gasteiger partial charge < -0.3 is 9.72 Å². The molecule has 5 heteroatoms. The summed E-state index contributed by atoms with van der Waals surface area (Å²) in [5.74, 6) is -0.339. The van der Waals surface area contributed by atoms with Crippen molar-refractivity contribution >= 4 is 27.7 Å². The lowest BCUT2D eigenvalue weighted by Crippen LogP contribution is -2.04. The van der Waals surface area contributed by atoms with E-state index in [1.807, 2.05) is 30.3 Å². The molecule has 0 bridgehead atoms. The van der Waals surface area contributed by atoms with E-state index >= 15 is 0 Å². The first kappa shape index (κ1) is 11.9. The summed E-state index contributed by atoms with van der Waals surface area (Å²) in [4.78, 5) is 19.1. The number of nitrogens with zero attached hydrogens (tertiary/aromatic N) is 1. The Morgan fingerprint density at radius 2 is 2.16 bits per heavy atom. The van der Waals surface area contributed by atoms with Gasteiger partial charge in [-0.2, -0.15) is 0 Å². The second-order valence-electron chi connectivity index (χ2n) is 4.00. The molecule has 0 atom stereocenters. The number of esters is 1. The summed E-state index contributed by atoms with van der Waals surface area (Å²) in [7, 11) is 0. The van der Waals surface area contributed by atoms with E-state index in [-0.39, 0.29) is 5.97 Å². The van der Waals surface area contributed by atoms with E-state index in [9.17, 15) is 4.79 Å². The third kappa shape index (κ3) is 2.24. The van der Waals surface area contributed by atoms with Crippen LogP contribution in [-0.2, 0) is 4.74 Å². The molecule has 1 aromatic carbocycles. The normalized spacial score (nSPS) is 10.8. The van der Waals surface area contributed by atoms with Gasteiger partial charge in [-0.25, -0.2) is 9.78 Å². The number of rotatable bonds is 3. The highest BCUT2D eigenvalue weighted by Gasteiger charge is 2.14. The number of thiazole rings is 1. The van der Waals surface area contributed by atoms with E-state index < -0.39 is 0 Å². The summed E-state index contributed by atoms with van der Waals surface area (Å²) in [5.41, 5.74) is 2.26. The van der Waals surface area contributed by atoms with E-state index in [1.54, 1.807) is 24.3 Å². The van der Waals surface area contributed by atoms with Crippen molar-refractivity contribution in [2.75, 3.05) is 6.61 Å². The lowest BCUT2D eigenvalue weighted by molar-refractivity contribution is 0.0520. The Morgan fingerprint density at radius 3 is 2.84 bits per heavy atom. The highest BCUT2D eigenvalue weighted by molar-refractivity contribution is 7.21. The zero-order chi connectivity index (χ0) is 13.2. The Balaban J connectivity index is 1.96. The van der Waals surface area contributed by atoms with Crippen molar-refractivity contribution in [1.82, 2.24) is 9.97 Å². The number of aromatic nitrogens is 2. The molecule has 0 unspecified atom stereocenters. The molecule has 2 aromatic heterocycles. The van der Waals surface area contributed by atoms with Gasteiger partial charge in [0.15, 0.2) is 0 Å². The van der Waals surface area contributed by atoms with Gasteiger partial charge in [0.1, 0.15) is 16.3 Å². The molecular formula is C14H12N2O2S. The van der Waals surface area contributed by atoms with Crippen LogP contribution in [0.15, 0.2) is 36.4 Å². The number of carbonyl (C=O) groups is 1. The fourth-order valence-corrected chi connectivity index (χ4v) is 2.81. The summed E-state index contributed by atoms with van der Waals surface area (Å²) in [6, 6.07) is 11.8. The van der Waals surface area contributed by atoms with E-state index in [0.717, 1.165) is 20.9 Å². The lowest BCUT2D eigenvalue weighted by Gasteiger charge is -1.97. The average molecular weight is 272 g/mol. The van der Waals surface area contributed by atoms with Gasteiger partial charge in [-0.05, 0) is 13.0 Å². The number of H-pyrrole nitrogens is 1. The van der Waals surface area contributed by atoms with Crippen LogP contribution >= 0.6 is 11.3 Å². The molecule has 0 saturated carbocycles. The molecule has 0 spiro atoms. The second-order valence-corrected chi connectivity index (χ2v) is 5.03. The molecular weight excluding hydrogens is 260 g/mol. The van der Waals surface area contributed by atoms with Crippen LogP contribution in [0.3, 0.4) is 0 Å². The Morgan fingerprint density at radius 1 is 1.37 bits per heavy atom. The largest absolute Gasteiger partial charge is 0.461 e.